The Morgan fingerprint density at radius 2 is 1.82 bits per heavy atom. The molecule has 1 aromatic carbocycles. The van der Waals surface area contributed by atoms with Crippen molar-refractivity contribution < 1.29 is 9.64 Å². The average molecular weight is 383 g/mol. The van der Waals surface area contributed by atoms with Gasteiger partial charge in [0.25, 0.3) is 0 Å². The van der Waals surface area contributed by atoms with Crippen LogP contribution in [0, 0.1) is 13.8 Å². The number of aryl methyl sites for hydroxylation is 1. The summed E-state index contributed by atoms with van der Waals surface area (Å²) in [5, 5.41) is 8.44. The minimum Gasteiger partial charge on any atom is -0.497 e. The minimum absolute atomic E-state index is 0.843. The van der Waals surface area contributed by atoms with Crippen LogP contribution in [0.3, 0.4) is 0 Å². The Balaban J connectivity index is 1.84. The van der Waals surface area contributed by atoms with Gasteiger partial charge in [-0.3, -0.25) is 0 Å². The fourth-order valence-electron chi connectivity index (χ4n) is 3.46. The van der Waals surface area contributed by atoms with Gasteiger partial charge in [-0.05, 0) is 52.0 Å². The van der Waals surface area contributed by atoms with Crippen LogP contribution in [0.2, 0.25) is 0 Å². The van der Waals surface area contributed by atoms with E-state index in [2.05, 4.69) is 33.0 Å². The molecule has 6 heteroatoms. The van der Waals surface area contributed by atoms with Crippen LogP contribution in [-0.4, -0.2) is 47.9 Å². The monoisotopic (exact) mass is 382 g/mol. The summed E-state index contributed by atoms with van der Waals surface area (Å²) >= 11 is 0. The Labute approximate surface area is 167 Å². The van der Waals surface area contributed by atoms with E-state index in [1.807, 2.05) is 34.8 Å². The zero-order valence-electron chi connectivity index (χ0n) is 17.7. The number of rotatable bonds is 9. The first-order chi connectivity index (χ1) is 13.6. The van der Waals surface area contributed by atoms with E-state index in [1.54, 1.807) is 12.0 Å². The smallest absolute Gasteiger partial charge is 0.158 e. The number of hydrogen-bond donors (Lipinski definition) is 2. The molecule has 0 unspecified atom stereocenters. The molecule has 0 saturated heterocycles. The quantitative estimate of drug-likeness (QED) is 0.559. The zero-order valence-corrected chi connectivity index (χ0v) is 17.7. The van der Waals surface area contributed by atoms with Crippen LogP contribution in [0.1, 0.15) is 31.5 Å². The highest BCUT2D eigenvalue weighted by atomic mass is 16.5. The predicted octanol–water partition coefficient (Wildman–Crippen LogP) is 2.75. The van der Waals surface area contributed by atoms with Crippen molar-refractivity contribution in [2.45, 2.75) is 34.1 Å². The normalized spacial score (nSPS) is 11.4. The molecule has 150 valence electrons. The largest absolute Gasteiger partial charge is 0.497 e. The highest BCUT2D eigenvalue weighted by Gasteiger charge is 2.13. The van der Waals surface area contributed by atoms with Crippen LogP contribution < -0.4 is 15.0 Å². The van der Waals surface area contributed by atoms with Gasteiger partial charge in [-0.1, -0.05) is 0 Å². The lowest BCUT2D eigenvalue weighted by atomic mass is 10.1. The van der Waals surface area contributed by atoms with Gasteiger partial charge in [-0.25, -0.2) is 4.98 Å². The van der Waals surface area contributed by atoms with E-state index in [-0.39, 0.29) is 0 Å². The SMILES string of the molecule is CC[NH+](CC)CCCNc1c(C)c(C)nc2cc(-c3ccc(OC)cc3)nn12. The molecule has 0 atom stereocenters. The standard InChI is InChI=1S/C22H31N5O/c1-6-26(7-2)14-8-13-23-22-16(3)17(4)24-21-15-20(25-27(21)22)18-9-11-19(28-5)12-10-18/h9-12,15,23H,6-8,13-14H2,1-5H3/p+1. The number of methoxy groups -OCH3 is 1. The fraction of sp³-hybridized carbons (Fsp3) is 0.455. The van der Waals surface area contributed by atoms with Gasteiger partial charge in [0.15, 0.2) is 5.65 Å². The summed E-state index contributed by atoms with van der Waals surface area (Å²) in [5.74, 6) is 1.88. The second kappa shape index (κ2) is 9.06. The van der Waals surface area contributed by atoms with Crippen molar-refractivity contribution >= 4 is 11.5 Å². The molecule has 0 aliphatic rings. The maximum absolute atomic E-state index is 5.25. The lowest BCUT2D eigenvalue weighted by molar-refractivity contribution is -0.896. The lowest BCUT2D eigenvalue weighted by Crippen LogP contribution is -3.11. The summed E-state index contributed by atoms with van der Waals surface area (Å²) in [4.78, 5) is 6.37. The molecule has 0 fully saturated rings. The molecule has 0 aliphatic heterocycles. The first-order valence-electron chi connectivity index (χ1n) is 10.2. The molecule has 3 rings (SSSR count). The summed E-state index contributed by atoms with van der Waals surface area (Å²) in [6.45, 7) is 13.1. The van der Waals surface area contributed by atoms with Gasteiger partial charge in [0.2, 0.25) is 0 Å². The van der Waals surface area contributed by atoms with E-state index in [0.717, 1.165) is 52.7 Å². The van der Waals surface area contributed by atoms with Crippen LogP contribution in [0.25, 0.3) is 16.9 Å². The second-order valence-electron chi connectivity index (χ2n) is 7.19. The van der Waals surface area contributed by atoms with Gasteiger partial charge in [-0.15, -0.1) is 0 Å². The lowest BCUT2D eigenvalue weighted by Gasteiger charge is -2.16. The summed E-state index contributed by atoms with van der Waals surface area (Å²) in [5.41, 5.74) is 5.01. The first-order valence-corrected chi connectivity index (χ1v) is 10.2. The Bertz CT molecular complexity index is 913. The first kappa shape index (κ1) is 20.1. The Morgan fingerprint density at radius 3 is 2.46 bits per heavy atom. The summed E-state index contributed by atoms with van der Waals surface area (Å²) in [6.07, 6.45) is 1.13. The molecule has 2 aromatic heterocycles. The van der Waals surface area contributed by atoms with Crippen molar-refractivity contribution in [1.82, 2.24) is 14.6 Å². The Kier molecular flexibility index (Phi) is 6.52. The van der Waals surface area contributed by atoms with Crippen molar-refractivity contribution in [1.29, 1.82) is 0 Å². The van der Waals surface area contributed by atoms with Crippen molar-refractivity contribution in [3.63, 3.8) is 0 Å². The Morgan fingerprint density at radius 1 is 1.11 bits per heavy atom. The number of nitrogens with one attached hydrogen (secondary N) is 2. The molecule has 0 saturated carbocycles. The van der Waals surface area contributed by atoms with Crippen molar-refractivity contribution in [3.05, 3.63) is 41.6 Å². The van der Waals surface area contributed by atoms with Gasteiger partial charge in [-0.2, -0.15) is 9.61 Å². The van der Waals surface area contributed by atoms with Gasteiger partial charge in [0.1, 0.15) is 11.6 Å². The van der Waals surface area contributed by atoms with E-state index in [0.29, 0.717) is 0 Å². The van der Waals surface area contributed by atoms with Crippen molar-refractivity contribution in [2.24, 2.45) is 0 Å². The van der Waals surface area contributed by atoms with Crippen LogP contribution in [-0.2, 0) is 0 Å². The molecule has 6 nitrogen and oxygen atoms in total. The van der Waals surface area contributed by atoms with E-state index in [9.17, 15) is 0 Å². The zero-order chi connectivity index (χ0) is 20.1. The fourth-order valence-corrected chi connectivity index (χ4v) is 3.46. The number of aromatic nitrogens is 3. The van der Waals surface area contributed by atoms with Gasteiger partial charge >= 0.3 is 0 Å². The van der Waals surface area contributed by atoms with Crippen LogP contribution in [0.5, 0.6) is 5.75 Å². The molecule has 0 bridgehead atoms. The van der Waals surface area contributed by atoms with Crippen LogP contribution in [0.4, 0.5) is 5.82 Å². The molecule has 0 aliphatic carbocycles. The van der Waals surface area contributed by atoms with Gasteiger partial charge < -0.3 is 15.0 Å². The highest BCUT2D eigenvalue weighted by molar-refractivity contribution is 5.67. The van der Waals surface area contributed by atoms with E-state index < -0.39 is 0 Å². The molecule has 0 radical (unpaired) electrons. The summed E-state index contributed by atoms with van der Waals surface area (Å²) in [7, 11) is 1.68. The van der Waals surface area contributed by atoms with Crippen LogP contribution >= 0.6 is 0 Å². The minimum atomic E-state index is 0.843. The molecule has 2 heterocycles. The number of benzene rings is 1. The van der Waals surface area contributed by atoms with Crippen LogP contribution in [0.15, 0.2) is 30.3 Å². The summed E-state index contributed by atoms with van der Waals surface area (Å²) in [6, 6.07) is 10.0. The number of ether oxygens (including phenoxy) is 1. The maximum Gasteiger partial charge on any atom is 0.158 e. The average Bonchev–Trinajstić information content (AvgIpc) is 3.14. The molecular formula is C22H32N5O+. The molecule has 0 amide bonds. The number of anilines is 1. The highest BCUT2D eigenvalue weighted by Crippen LogP contribution is 2.25. The van der Waals surface area contributed by atoms with Crippen molar-refractivity contribution in [3.8, 4) is 17.0 Å². The third kappa shape index (κ3) is 4.28. The third-order valence-corrected chi connectivity index (χ3v) is 5.47. The molecule has 28 heavy (non-hydrogen) atoms. The third-order valence-electron chi connectivity index (χ3n) is 5.47. The number of fused-ring (bicyclic) bond motifs is 1. The topological polar surface area (TPSA) is 55.9 Å². The summed E-state index contributed by atoms with van der Waals surface area (Å²) < 4.78 is 7.19. The molecular weight excluding hydrogens is 350 g/mol. The maximum atomic E-state index is 5.25. The molecule has 3 aromatic rings. The number of quaternary nitrogens is 1. The number of nitrogens with zero attached hydrogens (tertiary/aromatic N) is 3. The van der Waals surface area contributed by atoms with Crippen molar-refractivity contribution in [2.75, 3.05) is 38.6 Å². The van der Waals surface area contributed by atoms with E-state index >= 15 is 0 Å². The van der Waals surface area contributed by atoms with Gasteiger partial charge in [0, 0.05) is 35.9 Å². The van der Waals surface area contributed by atoms with E-state index in [1.165, 1.54) is 19.6 Å². The molecule has 2 N–H and O–H groups in total. The van der Waals surface area contributed by atoms with Gasteiger partial charge in [0.05, 0.1) is 32.4 Å². The van der Waals surface area contributed by atoms with E-state index in [4.69, 9.17) is 14.8 Å². The second-order valence-corrected chi connectivity index (χ2v) is 7.19. The molecule has 0 spiro atoms. The predicted molar refractivity (Wildman–Crippen MR) is 114 cm³/mol. The Hall–Kier alpha value is -2.60. The number of hydrogen-bond acceptors (Lipinski definition) is 4.